The number of hydrogen-bond acceptors (Lipinski definition) is 5. The molecule has 0 amide bonds. The van der Waals surface area contributed by atoms with E-state index in [9.17, 15) is 14.4 Å². The first-order valence-corrected chi connectivity index (χ1v) is 9.92. The van der Waals surface area contributed by atoms with Crippen molar-refractivity contribution in [3.05, 3.63) is 65.7 Å². The second-order valence-corrected chi connectivity index (χ2v) is 7.35. The highest BCUT2D eigenvalue weighted by atomic mass is 32.2. The fraction of sp³-hybridized carbons (Fsp3) is 0.318. The minimum absolute atomic E-state index is 0.128. The van der Waals surface area contributed by atoms with Gasteiger partial charge in [-0.2, -0.15) is 0 Å². The molecule has 1 N–H and O–H groups in total. The van der Waals surface area contributed by atoms with Crippen molar-refractivity contribution < 1.29 is 19.5 Å². The third-order valence-electron chi connectivity index (χ3n) is 4.21. The lowest BCUT2D eigenvalue weighted by atomic mass is 9.92. The Bertz CT molecular complexity index is 741. The summed E-state index contributed by atoms with van der Waals surface area (Å²) >= 11 is 1.56. The maximum Gasteiger partial charge on any atom is 0.217 e. The average molecular weight is 383 g/mol. The summed E-state index contributed by atoms with van der Waals surface area (Å²) in [6, 6.07) is 17.2. The summed E-state index contributed by atoms with van der Waals surface area (Å²) < 4.78 is 0. The van der Waals surface area contributed by atoms with Crippen molar-refractivity contribution in [2.75, 3.05) is 12.4 Å². The standard InChI is InChI=1S/C22H23O4S/c23-14-15-27-19-10-6-18(7-11-19)9-13-22(26)20(16-24)21(25)12-8-17-4-2-1-3-5-17/h1-7,10-11,20,23H,8-9,12-15H2. The topological polar surface area (TPSA) is 71.4 Å². The molecule has 27 heavy (non-hydrogen) atoms. The van der Waals surface area contributed by atoms with Gasteiger partial charge >= 0.3 is 0 Å². The zero-order valence-electron chi connectivity index (χ0n) is 15.1. The predicted molar refractivity (Wildman–Crippen MR) is 107 cm³/mol. The number of hydrogen-bond donors (Lipinski definition) is 1. The van der Waals surface area contributed by atoms with Gasteiger partial charge in [-0.1, -0.05) is 42.5 Å². The van der Waals surface area contributed by atoms with E-state index in [1.165, 1.54) is 0 Å². The van der Waals surface area contributed by atoms with E-state index in [0.29, 0.717) is 18.6 Å². The van der Waals surface area contributed by atoms with Gasteiger partial charge in [0.1, 0.15) is 5.92 Å². The van der Waals surface area contributed by atoms with Crippen LogP contribution in [0.1, 0.15) is 24.0 Å². The van der Waals surface area contributed by atoms with Crippen LogP contribution in [0.4, 0.5) is 0 Å². The zero-order valence-corrected chi connectivity index (χ0v) is 15.9. The van der Waals surface area contributed by atoms with Gasteiger partial charge in [0.05, 0.1) is 6.61 Å². The van der Waals surface area contributed by atoms with Crippen molar-refractivity contribution in [2.24, 2.45) is 5.92 Å². The van der Waals surface area contributed by atoms with Gasteiger partial charge in [0, 0.05) is 23.5 Å². The molecule has 1 radical (unpaired) electrons. The second kappa shape index (κ2) is 11.5. The molecule has 0 aliphatic rings. The zero-order chi connectivity index (χ0) is 19.5. The molecule has 0 bridgehead atoms. The van der Waals surface area contributed by atoms with Crippen molar-refractivity contribution >= 4 is 29.6 Å². The highest BCUT2D eigenvalue weighted by Gasteiger charge is 2.26. The summed E-state index contributed by atoms with van der Waals surface area (Å²) in [6.07, 6.45) is 2.92. The number of aryl methyl sites for hydroxylation is 2. The van der Waals surface area contributed by atoms with E-state index in [1.807, 2.05) is 54.6 Å². The summed E-state index contributed by atoms with van der Waals surface area (Å²) in [7, 11) is 0. The van der Waals surface area contributed by atoms with Crippen molar-refractivity contribution in [1.82, 2.24) is 0 Å². The minimum Gasteiger partial charge on any atom is -0.396 e. The van der Waals surface area contributed by atoms with Crippen LogP contribution < -0.4 is 0 Å². The fourth-order valence-corrected chi connectivity index (χ4v) is 3.35. The molecule has 0 aliphatic heterocycles. The summed E-state index contributed by atoms with van der Waals surface area (Å²) in [6.45, 7) is 0.128. The van der Waals surface area contributed by atoms with E-state index in [1.54, 1.807) is 18.0 Å². The van der Waals surface area contributed by atoms with Gasteiger partial charge in [-0.05, 0) is 36.1 Å². The lowest BCUT2D eigenvalue weighted by Crippen LogP contribution is -2.26. The molecule has 5 heteroatoms. The van der Waals surface area contributed by atoms with E-state index in [2.05, 4.69) is 0 Å². The molecule has 1 atom stereocenters. The van der Waals surface area contributed by atoms with Crippen LogP contribution in [-0.2, 0) is 27.2 Å². The van der Waals surface area contributed by atoms with E-state index in [0.717, 1.165) is 16.0 Å². The quantitative estimate of drug-likeness (QED) is 0.450. The number of thioether (sulfide) groups is 1. The van der Waals surface area contributed by atoms with Crippen molar-refractivity contribution in [3.8, 4) is 0 Å². The molecule has 0 spiro atoms. The van der Waals surface area contributed by atoms with Gasteiger partial charge in [-0.15, -0.1) is 11.8 Å². The Hall–Kier alpha value is -2.24. The second-order valence-electron chi connectivity index (χ2n) is 6.19. The SMILES string of the molecule is O=[C]C(C(=O)CCc1ccccc1)C(=O)CCc1ccc(SCCO)cc1. The molecular weight excluding hydrogens is 360 g/mol. The van der Waals surface area contributed by atoms with Gasteiger partial charge in [-0.25, -0.2) is 0 Å². The Morgan fingerprint density at radius 3 is 1.96 bits per heavy atom. The number of aliphatic hydroxyl groups excluding tert-OH is 1. The number of carbonyl (C=O) groups excluding carboxylic acids is 3. The fourth-order valence-electron chi connectivity index (χ4n) is 2.70. The summed E-state index contributed by atoms with van der Waals surface area (Å²) in [5.74, 6) is -1.38. The molecule has 2 aromatic carbocycles. The third kappa shape index (κ3) is 7.12. The highest BCUT2D eigenvalue weighted by molar-refractivity contribution is 7.99. The minimum atomic E-state index is -1.28. The molecule has 1 unspecified atom stereocenters. The smallest absolute Gasteiger partial charge is 0.217 e. The number of ketones is 2. The first-order chi connectivity index (χ1) is 13.1. The molecule has 2 rings (SSSR count). The van der Waals surface area contributed by atoms with Gasteiger partial charge < -0.3 is 5.11 Å². The summed E-state index contributed by atoms with van der Waals surface area (Å²) in [5, 5.41) is 8.83. The Morgan fingerprint density at radius 1 is 0.889 bits per heavy atom. The highest BCUT2D eigenvalue weighted by Crippen LogP contribution is 2.19. The maximum absolute atomic E-state index is 12.3. The van der Waals surface area contributed by atoms with Crippen LogP contribution in [-0.4, -0.2) is 35.3 Å². The van der Waals surface area contributed by atoms with Crippen LogP contribution in [0.3, 0.4) is 0 Å². The molecular formula is C22H23O4S. The lowest BCUT2D eigenvalue weighted by Gasteiger charge is -2.09. The molecule has 4 nitrogen and oxygen atoms in total. The molecule has 0 heterocycles. The number of Topliss-reactive ketones (excluding diaryl/α,β-unsaturated/α-hetero) is 2. The molecule has 0 saturated heterocycles. The van der Waals surface area contributed by atoms with Crippen LogP contribution in [0.5, 0.6) is 0 Å². The normalized spacial score (nSPS) is 11.7. The summed E-state index contributed by atoms with van der Waals surface area (Å²) in [5.41, 5.74) is 1.97. The van der Waals surface area contributed by atoms with E-state index in [-0.39, 0.29) is 31.0 Å². The average Bonchev–Trinajstić information content (AvgIpc) is 2.71. The number of carbonyl (C=O) groups is 2. The first kappa shape index (κ1) is 21.1. The van der Waals surface area contributed by atoms with Gasteiger partial charge in [0.15, 0.2) is 11.6 Å². The van der Waals surface area contributed by atoms with Gasteiger partial charge in [-0.3, -0.25) is 14.4 Å². The molecule has 0 aromatic heterocycles. The largest absolute Gasteiger partial charge is 0.396 e. The van der Waals surface area contributed by atoms with Crippen molar-refractivity contribution in [3.63, 3.8) is 0 Å². The Kier molecular flexibility index (Phi) is 8.95. The van der Waals surface area contributed by atoms with Crippen LogP contribution in [0.15, 0.2) is 59.5 Å². The van der Waals surface area contributed by atoms with Gasteiger partial charge in [0.2, 0.25) is 6.29 Å². The Labute approximate surface area is 164 Å². The lowest BCUT2D eigenvalue weighted by molar-refractivity contribution is -0.129. The van der Waals surface area contributed by atoms with E-state index in [4.69, 9.17) is 5.11 Å². The molecule has 0 saturated carbocycles. The number of rotatable bonds is 12. The monoisotopic (exact) mass is 383 g/mol. The molecule has 0 fully saturated rings. The molecule has 0 aliphatic carbocycles. The van der Waals surface area contributed by atoms with Crippen LogP contribution in [0.25, 0.3) is 0 Å². The van der Waals surface area contributed by atoms with E-state index >= 15 is 0 Å². The van der Waals surface area contributed by atoms with Crippen LogP contribution >= 0.6 is 11.8 Å². The Morgan fingerprint density at radius 2 is 1.44 bits per heavy atom. The Balaban J connectivity index is 1.83. The number of aliphatic hydroxyl groups is 1. The third-order valence-corrected chi connectivity index (χ3v) is 5.20. The predicted octanol–water partition coefficient (Wildman–Crippen LogP) is 3.20. The van der Waals surface area contributed by atoms with Crippen LogP contribution in [0.2, 0.25) is 0 Å². The van der Waals surface area contributed by atoms with E-state index < -0.39 is 5.92 Å². The van der Waals surface area contributed by atoms with Gasteiger partial charge in [0.25, 0.3) is 0 Å². The summed E-state index contributed by atoms with van der Waals surface area (Å²) in [4.78, 5) is 36.7. The first-order valence-electron chi connectivity index (χ1n) is 8.93. The van der Waals surface area contributed by atoms with Crippen molar-refractivity contribution in [2.45, 2.75) is 30.6 Å². The van der Waals surface area contributed by atoms with Crippen LogP contribution in [0, 0.1) is 5.92 Å². The molecule has 2 aromatic rings. The number of benzene rings is 2. The van der Waals surface area contributed by atoms with Crippen molar-refractivity contribution in [1.29, 1.82) is 0 Å². The maximum atomic E-state index is 12.3. The molecule has 141 valence electrons.